The van der Waals surface area contributed by atoms with Crippen molar-refractivity contribution in [3.05, 3.63) is 48.5 Å². The molecule has 3 aromatic rings. The Labute approximate surface area is 186 Å². The Balaban J connectivity index is 1.37. The second-order valence-electron chi connectivity index (χ2n) is 6.94. The fourth-order valence-electron chi connectivity index (χ4n) is 2.94. The molecule has 0 bridgehead atoms. The molecular weight excluding hydrogens is 414 g/mol. The van der Waals surface area contributed by atoms with Crippen molar-refractivity contribution < 1.29 is 24.1 Å². The maximum Gasteiger partial charge on any atom is 0.220 e. The predicted molar refractivity (Wildman–Crippen MR) is 117 cm³/mol. The third kappa shape index (κ3) is 6.42. The molecule has 0 saturated carbocycles. The normalized spacial score (nSPS) is 11.6. The molecule has 0 saturated heterocycles. The average molecular weight is 441 g/mol. The van der Waals surface area contributed by atoms with Gasteiger partial charge in [0.05, 0.1) is 20.8 Å². The standard InChI is InChI=1S/C22H27N5O5/c1-30-18-10-6-11-19(31-2)21(18)32-15-17(28)14-23-20(29)12-7-13-27-25-22(24-26-27)16-8-4-3-5-9-16/h3-6,8-11,17,28H,7,12-15H2,1-2H3,(H,23,29). The van der Waals surface area contributed by atoms with Crippen LogP contribution in [0.15, 0.2) is 48.5 Å². The van der Waals surface area contributed by atoms with Crippen LogP contribution in [0.3, 0.4) is 0 Å². The first-order valence-corrected chi connectivity index (χ1v) is 10.2. The summed E-state index contributed by atoms with van der Waals surface area (Å²) in [5.41, 5.74) is 0.887. The van der Waals surface area contributed by atoms with Crippen molar-refractivity contribution in [3.8, 4) is 28.6 Å². The zero-order valence-corrected chi connectivity index (χ0v) is 18.1. The molecule has 1 unspecified atom stereocenters. The summed E-state index contributed by atoms with van der Waals surface area (Å²) in [6, 6.07) is 14.8. The molecule has 0 spiro atoms. The second-order valence-corrected chi connectivity index (χ2v) is 6.94. The maximum atomic E-state index is 12.1. The van der Waals surface area contributed by atoms with Gasteiger partial charge in [-0.3, -0.25) is 4.79 Å². The molecule has 1 aromatic heterocycles. The van der Waals surface area contributed by atoms with Crippen LogP contribution in [-0.4, -0.2) is 64.7 Å². The Hall–Kier alpha value is -3.66. The number of benzene rings is 2. The molecular formula is C22H27N5O5. The third-order valence-corrected chi connectivity index (χ3v) is 4.58. The number of nitrogens with one attached hydrogen (secondary N) is 1. The number of carbonyl (C=O) groups excluding carboxylic acids is 1. The number of hydrogen-bond acceptors (Lipinski definition) is 8. The lowest BCUT2D eigenvalue weighted by atomic mass is 10.2. The molecule has 1 heterocycles. The number of amides is 1. The van der Waals surface area contributed by atoms with Gasteiger partial charge in [0.2, 0.25) is 17.5 Å². The van der Waals surface area contributed by atoms with Crippen LogP contribution in [0.4, 0.5) is 0 Å². The van der Waals surface area contributed by atoms with E-state index in [0.29, 0.717) is 36.0 Å². The molecule has 1 atom stereocenters. The minimum atomic E-state index is -0.890. The van der Waals surface area contributed by atoms with Gasteiger partial charge in [-0.2, -0.15) is 4.80 Å². The van der Waals surface area contributed by atoms with Gasteiger partial charge in [0, 0.05) is 18.5 Å². The number of methoxy groups -OCH3 is 2. The number of aliphatic hydroxyl groups excluding tert-OH is 1. The molecule has 0 aliphatic heterocycles. The van der Waals surface area contributed by atoms with E-state index in [4.69, 9.17) is 14.2 Å². The van der Waals surface area contributed by atoms with Gasteiger partial charge in [0.25, 0.3) is 0 Å². The number of para-hydroxylation sites is 1. The number of aliphatic hydroxyl groups is 1. The molecule has 170 valence electrons. The van der Waals surface area contributed by atoms with Crippen LogP contribution in [0.25, 0.3) is 11.4 Å². The van der Waals surface area contributed by atoms with E-state index < -0.39 is 6.10 Å². The summed E-state index contributed by atoms with van der Waals surface area (Å²) >= 11 is 0. The highest BCUT2D eigenvalue weighted by atomic mass is 16.5. The van der Waals surface area contributed by atoms with Crippen molar-refractivity contribution in [2.24, 2.45) is 0 Å². The molecule has 3 rings (SSSR count). The number of hydrogen-bond donors (Lipinski definition) is 2. The lowest BCUT2D eigenvalue weighted by molar-refractivity contribution is -0.121. The molecule has 1 amide bonds. The number of nitrogens with zero attached hydrogens (tertiary/aromatic N) is 4. The van der Waals surface area contributed by atoms with E-state index in [1.165, 1.54) is 19.0 Å². The Morgan fingerprint density at radius 1 is 1.09 bits per heavy atom. The highest BCUT2D eigenvalue weighted by molar-refractivity contribution is 5.75. The molecule has 10 nitrogen and oxygen atoms in total. The molecule has 2 aromatic carbocycles. The van der Waals surface area contributed by atoms with Crippen molar-refractivity contribution in [2.75, 3.05) is 27.4 Å². The molecule has 10 heteroatoms. The van der Waals surface area contributed by atoms with E-state index in [1.807, 2.05) is 30.3 Å². The van der Waals surface area contributed by atoms with Gasteiger partial charge in [0.1, 0.15) is 12.7 Å². The third-order valence-electron chi connectivity index (χ3n) is 4.58. The van der Waals surface area contributed by atoms with Crippen LogP contribution < -0.4 is 19.5 Å². The van der Waals surface area contributed by atoms with Crippen molar-refractivity contribution in [3.63, 3.8) is 0 Å². The van der Waals surface area contributed by atoms with E-state index in [0.717, 1.165) is 5.56 Å². The quantitative estimate of drug-likeness (QED) is 0.436. The summed E-state index contributed by atoms with van der Waals surface area (Å²) in [5, 5.41) is 25.2. The number of ether oxygens (including phenoxy) is 3. The first-order chi connectivity index (χ1) is 15.6. The number of carbonyl (C=O) groups is 1. The van der Waals surface area contributed by atoms with E-state index in [1.54, 1.807) is 18.2 Å². The minimum Gasteiger partial charge on any atom is -0.493 e. The van der Waals surface area contributed by atoms with Crippen molar-refractivity contribution >= 4 is 5.91 Å². The van der Waals surface area contributed by atoms with E-state index in [-0.39, 0.29) is 25.5 Å². The van der Waals surface area contributed by atoms with Gasteiger partial charge >= 0.3 is 0 Å². The first-order valence-electron chi connectivity index (χ1n) is 10.2. The van der Waals surface area contributed by atoms with Crippen molar-refractivity contribution in [1.29, 1.82) is 0 Å². The SMILES string of the molecule is COc1cccc(OC)c1OCC(O)CNC(=O)CCCn1nnc(-c2ccccc2)n1. The summed E-state index contributed by atoms with van der Waals surface area (Å²) in [5.74, 6) is 1.76. The molecule has 0 radical (unpaired) electrons. The van der Waals surface area contributed by atoms with Gasteiger partial charge in [0.15, 0.2) is 11.5 Å². The maximum absolute atomic E-state index is 12.1. The molecule has 0 aliphatic rings. The zero-order chi connectivity index (χ0) is 22.8. The van der Waals surface area contributed by atoms with Gasteiger partial charge in [-0.1, -0.05) is 36.4 Å². The molecule has 0 aliphatic carbocycles. The fourth-order valence-corrected chi connectivity index (χ4v) is 2.94. The van der Waals surface area contributed by atoms with Crippen LogP contribution in [0, 0.1) is 0 Å². The van der Waals surface area contributed by atoms with Crippen molar-refractivity contribution in [1.82, 2.24) is 25.5 Å². The summed E-state index contributed by atoms with van der Waals surface area (Å²) in [7, 11) is 3.05. The van der Waals surface area contributed by atoms with Gasteiger partial charge in [-0.05, 0) is 23.8 Å². The Morgan fingerprint density at radius 2 is 1.81 bits per heavy atom. The number of tetrazole rings is 1. The minimum absolute atomic E-state index is 0.0256. The Bertz CT molecular complexity index is 973. The average Bonchev–Trinajstić information content (AvgIpc) is 3.30. The largest absolute Gasteiger partial charge is 0.493 e. The second kappa shape index (κ2) is 11.7. The van der Waals surface area contributed by atoms with Gasteiger partial charge in [-0.25, -0.2) is 0 Å². The summed E-state index contributed by atoms with van der Waals surface area (Å²) in [6.07, 6.45) is -0.0728. The van der Waals surface area contributed by atoms with Crippen LogP contribution in [0.2, 0.25) is 0 Å². The number of rotatable bonds is 12. The smallest absolute Gasteiger partial charge is 0.220 e. The lowest BCUT2D eigenvalue weighted by Crippen LogP contribution is -2.35. The summed E-state index contributed by atoms with van der Waals surface area (Å²) in [4.78, 5) is 13.5. The zero-order valence-electron chi connectivity index (χ0n) is 18.1. The number of aromatic nitrogens is 4. The molecule has 2 N–H and O–H groups in total. The summed E-state index contributed by atoms with van der Waals surface area (Å²) < 4.78 is 16.1. The van der Waals surface area contributed by atoms with Crippen LogP contribution in [-0.2, 0) is 11.3 Å². The van der Waals surface area contributed by atoms with E-state index in [2.05, 4.69) is 20.7 Å². The van der Waals surface area contributed by atoms with Gasteiger partial charge < -0.3 is 24.6 Å². The molecule has 32 heavy (non-hydrogen) atoms. The highest BCUT2D eigenvalue weighted by Gasteiger charge is 2.14. The Kier molecular flexibility index (Phi) is 8.38. The number of aryl methyl sites for hydroxylation is 1. The van der Waals surface area contributed by atoms with Gasteiger partial charge in [-0.15, -0.1) is 10.2 Å². The highest BCUT2D eigenvalue weighted by Crippen LogP contribution is 2.36. The summed E-state index contributed by atoms with van der Waals surface area (Å²) in [6.45, 7) is 0.505. The van der Waals surface area contributed by atoms with E-state index in [9.17, 15) is 9.90 Å². The van der Waals surface area contributed by atoms with Crippen LogP contribution >= 0.6 is 0 Å². The monoisotopic (exact) mass is 441 g/mol. The lowest BCUT2D eigenvalue weighted by Gasteiger charge is -2.17. The predicted octanol–water partition coefficient (Wildman–Crippen LogP) is 1.69. The topological polar surface area (TPSA) is 121 Å². The Morgan fingerprint density at radius 3 is 2.50 bits per heavy atom. The fraction of sp³-hybridized carbons (Fsp3) is 0.364. The first kappa shape index (κ1) is 23.0. The van der Waals surface area contributed by atoms with Crippen LogP contribution in [0.1, 0.15) is 12.8 Å². The van der Waals surface area contributed by atoms with Crippen molar-refractivity contribution in [2.45, 2.75) is 25.5 Å². The van der Waals surface area contributed by atoms with Crippen LogP contribution in [0.5, 0.6) is 17.2 Å². The molecule has 0 fully saturated rings. The van der Waals surface area contributed by atoms with E-state index >= 15 is 0 Å².